The second kappa shape index (κ2) is 6.90. The van der Waals surface area contributed by atoms with Crippen molar-refractivity contribution in [1.29, 1.82) is 0 Å². The Hall–Kier alpha value is -2.30. The summed E-state index contributed by atoms with van der Waals surface area (Å²) in [7, 11) is 2.11. The second-order valence-electron chi connectivity index (χ2n) is 6.36. The van der Waals surface area contributed by atoms with Gasteiger partial charge in [0.15, 0.2) is 0 Å². The van der Waals surface area contributed by atoms with Gasteiger partial charge in [-0.25, -0.2) is 0 Å². The summed E-state index contributed by atoms with van der Waals surface area (Å²) in [5.74, 6) is -0.814. The van der Waals surface area contributed by atoms with E-state index in [1.54, 1.807) is 0 Å². The number of carboxylic acid groups (broad SMARTS) is 1. The van der Waals surface area contributed by atoms with Crippen LogP contribution in [0.4, 0.5) is 0 Å². The average Bonchev–Trinajstić information content (AvgIpc) is 2.89. The van der Waals surface area contributed by atoms with E-state index >= 15 is 0 Å². The van der Waals surface area contributed by atoms with E-state index in [0.717, 1.165) is 12.8 Å². The highest BCUT2D eigenvalue weighted by Gasteiger charge is 2.27. The number of aromatic nitrogens is 1. The molecule has 0 fully saturated rings. The van der Waals surface area contributed by atoms with E-state index in [2.05, 4.69) is 59.4 Å². The highest BCUT2D eigenvalue weighted by Crippen LogP contribution is 2.42. The fourth-order valence-electron chi connectivity index (χ4n) is 3.97. The summed E-state index contributed by atoms with van der Waals surface area (Å²) in [6, 6.07) is 16.9. The third-order valence-corrected chi connectivity index (χ3v) is 4.96. The van der Waals surface area contributed by atoms with Crippen LogP contribution >= 0.6 is 12.4 Å². The molecule has 0 aliphatic heterocycles. The first-order chi connectivity index (χ1) is 11.7. The quantitative estimate of drug-likeness (QED) is 0.744. The molecular formula is C20H21ClN2O2. The summed E-state index contributed by atoms with van der Waals surface area (Å²) < 4.78 is 2.27. The molecular weight excluding hydrogens is 336 g/mol. The van der Waals surface area contributed by atoms with Gasteiger partial charge in [-0.1, -0.05) is 42.5 Å². The Morgan fingerprint density at radius 1 is 1.20 bits per heavy atom. The Bertz CT molecular complexity index is 918. The number of hydrogen-bond donors (Lipinski definition) is 2. The van der Waals surface area contributed by atoms with Crippen LogP contribution in [0.15, 0.2) is 48.5 Å². The van der Waals surface area contributed by atoms with Crippen LogP contribution in [0, 0.1) is 0 Å². The molecule has 2 aromatic carbocycles. The predicted molar refractivity (Wildman–Crippen MR) is 102 cm³/mol. The van der Waals surface area contributed by atoms with Crippen LogP contribution in [0.5, 0.6) is 0 Å². The standard InChI is InChI=1S/C20H20N2O2.ClH/c1-22-17-9-5-8-14-16(21-12-18(23)24)11-10-15(19(14)17)20(22)13-6-3-2-4-7-13;/h2-9,16,21H,10-12H2,1H3,(H,23,24);1H. The van der Waals surface area contributed by atoms with E-state index in [9.17, 15) is 4.79 Å². The van der Waals surface area contributed by atoms with Crippen LogP contribution in [0.1, 0.15) is 23.6 Å². The molecule has 3 aromatic rings. The Kier molecular flexibility index (Phi) is 4.84. The molecule has 25 heavy (non-hydrogen) atoms. The van der Waals surface area contributed by atoms with Crippen molar-refractivity contribution in [2.24, 2.45) is 7.05 Å². The maximum absolute atomic E-state index is 10.9. The van der Waals surface area contributed by atoms with Gasteiger partial charge in [0.05, 0.1) is 12.2 Å². The molecule has 0 saturated heterocycles. The normalized spacial score (nSPS) is 15.8. The lowest BCUT2D eigenvalue weighted by molar-refractivity contribution is -0.136. The van der Waals surface area contributed by atoms with Gasteiger partial charge in [-0.15, -0.1) is 12.4 Å². The number of aryl methyl sites for hydroxylation is 2. The van der Waals surface area contributed by atoms with Gasteiger partial charge in [0.25, 0.3) is 0 Å². The molecule has 0 amide bonds. The smallest absolute Gasteiger partial charge is 0.317 e. The molecule has 1 atom stereocenters. The predicted octanol–water partition coefficient (Wildman–Crippen LogP) is 3.93. The van der Waals surface area contributed by atoms with Crippen molar-refractivity contribution >= 4 is 29.3 Å². The summed E-state index contributed by atoms with van der Waals surface area (Å²) in [5, 5.41) is 13.4. The summed E-state index contributed by atoms with van der Waals surface area (Å²) in [6.07, 6.45) is 1.87. The molecule has 0 radical (unpaired) electrons. The Morgan fingerprint density at radius 3 is 2.68 bits per heavy atom. The number of rotatable bonds is 4. The van der Waals surface area contributed by atoms with E-state index in [-0.39, 0.29) is 25.0 Å². The van der Waals surface area contributed by atoms with Crippen LogP contribution in [0.25, 0.3) is 22.2 Å². The molecule has 1 aromatic heterocycles. The lowest BCUT2D eigenvalue weighted by Crippen LogP contribution is -2.29. The number of hydrogen-bond acceptors (Lipinski definition) is 2. The van der Waals surface area contributed by atoms with Crippen LogP contribution in [-0.4, -0.2) is 22.2 Å². The van der Waals surface area contributed by atoms with Crippen molar-refractivity contribution in [3.63, 3.8) is 0 Å². The van der Waals surface area contributed by atoms with Gasteiger partial charge >= 0.3 is 5.97 Å². The van der Waals surface area contributed by atoms with Gasteiger partial charge in [0.2, 0.25) is 0 Å². The summed E-state index contributed by atoms with van der Waals surface area (Å²) >= 11 is 0. The van der Waals surface area contributed by atoms with E-state index in [4.69, 9.17) is 5.11 Å². The average molecular weight is 357 g/mol. The van der Waals surface area contributed by atoms with Crippen molar-refractivity contribution in [3.05, 3.63) is 59.7 Å². The molecule has 1 aliphatic rings. The number of nitrogens with one attached hydrogen (secondary N) is 1. The molecule has 1 aliphatic carbocycles. The van der Waals surface area contributed by atoms with Crippen molar-refractivity contribution in [2.75, 3.05) is 6.54 Å². The highest BCUT2D eigenvalue weighted by molar-refractivity contribution is 5.95. The van der Waals surface area contributed by atoms with E-state index in [1.807, 2.05) is 6.07 Å². The maximum Gasteiger partial charge on any atom is 0.317 e. The van der Waals surface area contributed by atoms with Crippen LogP contribution < -0.4 is 5.32 Å². The van der Waals surface area contributed by atoms with Crippen LogP contribution in [0.3, 0.4) is 0 Å². The van der Waals surface area contributed by atoms with Crippen molar-refractivity contribution in [2.45, 2.75) is 18.9 Å². The third-order valence-electron chi connectivity index (χ3n) is 4.96. The van der Waals surface area contributed by atoms with Gasteiger partial charge in [-0.2, -0.15) is 0 Å². The molecule has 1 heterocycles. The molecule has 4 nitrogen and oxygen atoms in total. The fraction of sp³-hybridized carbons (Fsp3) is 0.250. The monoisotopic (exact) mass is 356 g/mol. The molecule has 0 saturated carbocycles. The maximum atomic E-state index is 10.9. The number of benzene rings is 2. The minimum Gasteiger partial charge on any atom is -0.480 e. The van der Waals surface area contributed by atoms with Gasteiger partial charge in [-0.05, 0) is 35.6 Å². The molecule has 0 bridgehead atoms. The SMILES string of the molecule is Cl.Cn1c(-c2ccccc2)c2c3c(cccc31)C(NCC(=O)O)CC2. The Labute approximate surface area is 152 Å². The molecule has 2 N–H and O–H groups in total. The lowest BCUT2D eigenvalue weighted by Gasteiger charge is -2.24. The highest BCUT2D eigenvalue weighted by atomic mass is 35.5. The summed E-state index contributed by atoms with van der Waals surface area (Å²) in [6.45, 7) is -0.00519. The minimum atomic E-state index is -0.814. The van der Waals surface area contributed by atoms with E-state index in [1.165, 1.54) is 33.3 Å². The van der Waals surface area contributed by atoms with Crippen molar-refractivity contribution in [1.82, 2.24) is 9.88 Å². The van der Waals surface area contributed by atoms with Gasteiger partial charge in [-0.3, -0.25) is 4.79 Å². The third kappa shape index (κ3) is 2.92. The van der Waals surface area contributed by atoms with Gasteiger partial charge in [0, 0.05) is 24.0 Å². The van der Waals surface area contributed by atoms with E-state index < -0.39 is 5.97 Å². The topological polar surface area (TPSA) is 54.3 Å². The number of carboxylic acids is 1. The minimum absolute atomic E-state index is 0. The Balaban J connectivity index is 0.00000182. The number of halogens is 1. The number of aliphatic carboxylic acids is 1. The van der Waals surface area contributed by atoms with Gasteiger partial charge in [0.1, 0.15) is 0 Å². The zero-order chi connectivity index (χ0) is 16.7. The summed E-state index contributed by atoms with van der Waals surface area (Å²) in [5.41, 5.74) is 6.31. The number of nitrogens with zero attached hydrogens (tertiary/aromatic N) is 1. The zero-order valence-corrected chi connectivity index (χ0v) is 14.8. The van der Waals surface area contributed by atoms with Crippen molar-refractivity contribution < 1.29 is 9.90 Å². The van der Waals surface area contributed by atoms with E-state index in [0.29, 0.717) is 0 Å². The van der Waals surface area contributed by atoms with Gasteiger partial charge < -0.3 is 15.0 Å². The molecule has 1 unspecified atom stereocenters. The summed E-state index contributed by atoms with van der Waals surface area (Å²) in [4.78, 5) is 10.9. The molecule has 4 rings (SSSR count). The first-order valence-electron chi connectivity index (χ1n) is 8.27. The molecule has 130 valence electrons. The molecule has 5 heteroatoms. The van der Waals surface area contributed by atoms with Crippen LogP contribution in [-0.2, 0) is 18.3 Å². The number of carbonyl (C=O) groups is 1. The fourth-order valence-corrected chi connectivity index (χ4v) is 3.97. The Morgan fingerprint density at radius 2 is 1.96 bits per heavy atom. The second-order valence-corrected chi connectivity index (χ2v) is 6.36. The van der Waals surface area contributed by atoms with Crippen molar-refractivity contribution in [3.8, 4) is 11.3 Å². The first-order valence-corrected chi connectivity index (χ1v) is 8.27. The zero-order valence-electron chi connectivity index (χ0n) is 14.0. The largest absolute Gasteiger partial charge is 0.480 e. The molecule has 0 spiro atoms. The first kappa shape index (κ1) is 17.5. The van der Waals surface area contributed by atoms with Crippen LogP contribution in [0.2, 0.25) is 0 Å². The lowest BCUT2D eigenvalue weighted by atomic mass is 9.87.